The molecule has 2 aliphatic heterocycles. The predicted octanol–water partition coefficient (Wildman–Crippen LogP) is 3.54. The van der Waals surface area contributed by atoms with E-state index in [4.69, 9.17) is 33.2 Å². The summed E-state index contributed by atoms with van der Waals surface area (Å²) in [4.78, 5) is 13.3. The number of ether oxygens (including phenoxy) is 7. The second-order valence-corrected chi connectivity index (χ2v) is 7.07. The van der Waals surface area contributed by atoms with Gasteiger partial charge in [-0.05, 0) is 33.6 Å². The molecule has 0 spiro atoms. The summed E-state index contributed by atoms with van der Waals surface area (Å²) in [5, 5.41) is 0. The summed E-state index contributed by atoms with van der Waals surface area (Å²) in [5.74, 6) is 2.27. The van der Waals surface area contributed by atoms with Crippen LogP contribution in [0.4, 0.5) is 0 Å². The summed E-state index contributed by atoms with van der Waals surface area (Å²) in [6.45, 7) is 0.0142. The van der Waals surface area contributed by atoms with Crippen LogP contribution >= 0.6 is 15.9 Å². The lowest BCUT2D eigenvalue weighted by Gasteiger charge is -2.15. The Hall–Kier alpha value is -2.65. The summed E-state index contributed by atoms with van der Waals surface area (Å²) in [5.41, 5.74) is 1.09. The monoisotopic (exact) mass is 466 g/mol. The molecule has 0 aliphatic carbocycles. The summed E-state index contributed by atoms with van der Waals surface area (Å²) >= 11 is 3.45. The van der Waals surface area contributed by atoms with Gasteiger partial charge in [-0.2, -0.15) is 0 Å². The van der Waals surface area contributed by atoms with E-state index >= 15 is 0 Å². The Morgan fingerprint density at radius 2 is 1.62 bits per heavy atom. The molecule has 0 N–H and O–H groups in total. The second-order valence-electron chi connectivity index (χ2n) is 6.28. The van der Waals surface area contributed by atoms with E-state index < -0.39 is 12.2 Å². The first-order valence-corrected chi connectivity index (χ1v) is 9.49. The van der Waals surface area contributed by atoms with Gasteiger partial charge in [0.2, 0.25) is 18.3 Å². The highest BCUT2D eigenvalue weighted by Crippen LogP contribution is 2.55. The number of ketones is 1. The molecule has 0 amide bonds. The number of carbonyl (C=O) groups excluding carboxylic acids is 1. The Balaban J connectivity index is 1.69. The fourth-order valence-corrected chi connectivity index (χ4v) is 4.09. The number of hydrogen-bond donors (Lipinski definition) is 0. The molecule has 0 unspecified atom stereocenters. The van der Waals surface area contributed by atoms with E-state index in [1.165, 1.54) is 14.2 Å². The number of Topliss-reactive ketones (excluding diaryl/α,β-unsaturated/α-hetero) is 1. The molecule has 8 nitrogen and oxygen atoms in total. The first-order valence-electron chi connectivity index (χ1n) is 8.70. The quantitative estimate of drug-likeness (QED) is 0.452. The summed E-state index contributed by atoms with van der Waals surface area (Å²) in [6, 6.07) is 5.41. The van der Waals surface area contributed by atoms with Gasteiger partial charge in [0.25, 0.3) is 0 Å². The molecule has 4 rings (SSSR count). The molecular weight excluding hydrogens is 448 g/mol. The number of fused-ring (bicyclic) bond motifs is 1. The van der Waals surface area contributed by atoms with Crippen LogP contribution in [-0.4, -0.2) is 47.1 Å². The average Bonchev–Trinajstić information content (AvgIpc) is 3.41. The zero-order chi connectivity index (χ0) is 20.7. The van der Waals surface area contributed by atoms with Crippen molar-refractivity contribution in [3.05, 3.63) is 33.8 Å². The zero-order valence-electron chi connectivity index (χ0n) is 16.2. The van der Waals surface area contributed by atoms with Crippen LogP contribution in [0.2, 0.25) is 0 Å². The normalized spacial score (nSPS) is 18.9. The number of rotatable bonds is 7. The number of halogens is 1. The van der Waals surface area contributed by atoms with E-state index in [1.54, 1.807) is 26.4 Å². The van der Waals surface area contributed by atoms with Gasteiger partial charge in [-0.25, -0.2) is 0 Å². The van der Waals surface area contributed by atoms with Gasteiger partial charge < -0.3 is 33.2 Å². The first-order chi connectivity index (χ1) is 14.0. The average molecular weight is 467 g/mol. The third kappa shape index (κ3) is 3.14. The molecule has 9 heteroatoms. The number of carbonyl (C=O) groups is 1. The van der Waals surface area contributed by atoms with E-state index in [0.717, 1.165) is 5.56 Å². The van der Waals surface area contributed by atoms with E-state index in [1.807, 2.05) is 6.07 Å². The number of benzene rings is 2. The van der Waals surface area contributed by atoms with Crippen molar-refractivity contribution in [2.45, 2.75) is 12.2 Å². The van der Waals surface area contributed by atoms with Crippen molar-refractivity contribution in [3.63, 3.8) is 0 Å². The van der Waals surface area contributed by atoms with Crippen molar-refractivity contribution < 1.29 is 38.0 Å². The largest absolute Gasteiger partial charge is 0.493 e. The van der Waals surface area contributed by atoms with Crippen LogP contribution in [0, 0.1) is 0 Å². The molecule has 0 saturated carbocycles. The third-order valence-corrected chi connectivity index (χ3v) is 5.57. The van der Waals surface area contributed by atoms with Gasteiger partial charge in [-0.1, -0.05) is 6.07 Å². The maximum atomic E-state index is 13.3. The van der Waals surface area contributed by atoms with Gasteiger partial charge >= 0.3 is 0 Å². The Morgan fingerprint density at radius 3 is 2.24 bits per heavy atom. The Labute approximate surface area is 175 Å². The van der Waals surface area contributed by atoms with Crippen molar-refractivity contribution in [2.24, 2.45) is 0 Å². The minimum absolute atomic E-state index is 0.0142. The minimum atomic E-state index is -0.677. The predicted molar refractivity (Wildman–Crippen MR) is 105 cm³/mol. The van der Waals surface area contributed by atoms with Gasteiger partial charge in [0.1, 0.15) is 6.10 Å². The molecule has 2 aliphatic rings. The fourth-order valence-electron chi connectivity index (χ4n) is 3.38. The van der Waals surface area contributed by atoms with Crippen molar-refractivity contribution >= 4 is 21.7 Å². The van der Waals surface area contributed by atoms with Crippen molar-refractivity contribution in [1.29, 1.82) is 0 Å². The third-order valence-electron chi connectivity index (χ3n) is 4.81. The van der Waals surface area contributed by atoms with E-state index in [9.17, 15) is 4.79 Å². The van der Waals surface area contributed by atoms with Crippen LogP contribution in [-0.2, 0) is 4.74 Å². The molecule has 2 heterocycles. The summed E-state index contributed by atoms with van der Waals surface area (Å²) in [6.07, 6.45) is -1.08. The highest BCUT2D eigenvalue weighted by atomic mass is 79.9. The van der Waals surface area contributed by atoms with Crippen molar-refractivity contribution in [2.75, 3.05) is 35.2 Å². The maximum Gasteiger partial charge on any atom is 0.231 e. The van der Waals surface area contributed by atoms with Gasteiger partial charge in [0.15, 0.2) is 34.9 Å². The molecule has 1 fully saturated rings. The van der Waals surface area contributed by atoms with Gasteiger partial charge in [-0.3, -0.25) is 4.79 Å². The number of methoxy groups -OCH3 is 4. The van der Waals surface area contributed by atoms with Crippen LogP contribution in [0.25, 0.3) is 0 Å². The van der Waals surface area contributed by atoms with E-state index in [-0.39, 0.29) is 23.9 Å². The van der Waals surface area contributed by atoms with Crippen molar-refractivity contribution in [1.82, 2.24) is 0 Å². The van der Waals surface area contributed by atoms with Gasteiger partial charge in [0.05, 0.1) is 38.5 Å². The van der Waals surface area contributed by atoms with Crippen LogP contribution in [0.5, 0.6) is 34.5 Å². The summed E-state index contributed by atoms with van der Waals surface area (Å²) < 4.78 is 38.6. The van der Waals surface area contributed by atoms with Gasteiger partial charge in [-0.15, -0.1) is 0 Å². The van der Waals surface area contributed by atoms with Crippen LogP contribution in [0.1, 0.15) is 22.0 Å². The molecule has 1 saturated heterocycles. The van der Waals surface area contributed by atoms with Gasteiger partial charge in [0, 0.05) is 0 Å². The standard InChI is InChI=1S/C20H19BrO8/c1-23-10-6-5-9(7-11(10)24-2)15-18(29-15)14(22)12-13(21)17(26-4)20-19(16(12)25-3)27-8-28-20/h5-7,15,18H,8H2,1-4H3/t15-,18+/m1/s1. The minimum Gasteiger partial charge on any atom is -0.493 e. The molecule has 2 aromatic rings. The zero-order valence-corrected chi connectivity index (χ0v) is 17.8. The van der Waals surface area contributed by atoms with E-state index in [0.29, 0.717) is 33.2 Å². The molecular formula is C20H19BrO8. The molecule has 2 atom stereocenters. The Kier molecular flexibility index (Phi) is 5.18. The highest BCUT2D eigenvalue weighted by molar-refractivity contribution is 9.10. The van der Waals surface area contributed by atoms with Crippen LogP contribution in [0.15, 0.2) is 22.7 Å². The topological polar surface area (TPSA) is 85.0 Å². The maximum absolute atomic E-state index is 13.3. The lowest BCUT2D eigenvalue weighted by atomic mass is 10.0. The Morgan fingerprint density at radius 1 is 0.966 bits per heavy atom. The number of epoxide rings is 1. The highest BCUT2D eigenvalue weighted by Gasteiger charge is 2.49. The Bertz CT molecular complexity index is 974. The number of hydrogen-bond acceptors (Lipinski definition) is 8. The first kappa shape index (κ1) is 19.7. The molecule has 0 aromatic heterocycles. The molecule has 29 heavy (non-hydrogen) atoms. The second kappa shape index (κ2) is 7.64. The molecule has 2 aromatic carbocycles. The SMILES string of the molecule is COc1ccc([C@H]2O[C@H]2C(=O)c2c(Br)c(OC)c3c(c2OC)OCO3)cc1OC. The lowest BCUT2D eigenvalue weighted by molar-refractivity contribution is 0.0948. The van der Waals surface area contributed by atoms with Crippen LogP contribution < -0.4 is 28.4 Å². The van der Waals surface area contributed by atoms with Crippen LogP contribution in [0.3, 0.4) is 0 Å². The smallest absolute Gasteiger partial charge is 0.231 e. The lowest BCUT2D eigenvalue weighted by Crippen LogP contribution is -2.12. The summed E-state index contributed by atoms with van der Waals surface area (Å²) in [7, 11) is 6.07. The van der Waals surface area contributed by atoms with E-state index in [2.05, 4.69) is 15.9 Å². The fraction of sp³-hybridized carbons (Fsp3) is 0.350. The molecule has 0 radical (unpaired) electrons. The molecule has 0 bridgehead atoms. The van der Waals surface area contributed by atoms with Crippen molar-refractivity contribution in [3.8, 4) is 34.5 Å². The molecule has 154 valence electrons.